The van der Waals surface area contributed by atoms with Crippen LogP contribution in [0.4, 0.5) is 0 Å². The van der Waals surface area contributed by atoms with Gasteiger partial charge in [0.25, 0.3) is 0 Å². The molecule has 1 aromatic rings. The van der Waals surface area contributed by atoms with E-state index < -0.39 is 12.0 Å². The maximum atomic E-state index is 10.9. The molecule has 4 nitrogen and oxygen atoms in total. The Morgan fingerprint density at radius 1 is 1.65 bits per heavy atom. The lowest BCUT2D eigenvalue weighted by atomic mass is 10.1. The van der Waals surface area contributed by atoms with E-state index in [1.54, 1.807) is 18.3 Å². The third-order valence-electron chi connectivity index (χ3n) is 2.99. The lowest BCUT2D eigenvalue weighted by Crippen LogP contribution is -2.52. The lowest BCUT2D eigenvalue weighted by Gasteiger charge is -2.33. The van der Waals surface area contributed by atoms with Gasteiger partial charge in [-0.2, -0.15) is 0 Å². The summed E-state index contributed by atoms with van der Waals surface area (Å²) in [4.78, 5) is 13.4. The molecular formula is C12H17NO3S. The molecule has 0 aromatic carbocycles. The molecular weight excluding hydrogens is 238 g/mol. The fraction of sp³-hybridized carbons (Fsp3) is 0.583. The largest absolute Gasteiger partial charge is 0.480 e. The van der Waals surface area contributed by atoms with Crippen molar-refractivity contribution in [3.63, 3.8) is 0 Å². The number of carboxylic acid groups (broad SMARTS) is 1. The van der Waals surface area contributed by atoms with Crippen molar-refractivity contribution in [2.75, 3.05) is 6.54 Å². The van der Waals surface area contributed by atoms with E-state index in [0.29, 0.717) is 6.54 Å². The Labute approximate surface area is 105 Å². The Hall–Kier alpha value is -0.910. The molecule has 0 bridgehead atoms. The maximum absolute atomic E-state index is 10.9. The lowest BCUT2D eigenvalue weighted by molar-refractivity contribution is -0.149. The number of hydrogen-bond acceptors (Lipinski definition) is 4. The Balaban J connectivity index is 2.04. The summed E-state index contributed by atoms with van der Waals surface area (Å²) in [6, 6.07) is 3.58. The van der Waals surface area contributed by atoms with E-state index in [4.69, 9.17) is 9.84 Å². The van der Waals surface area contributed by atoms with Crippen LogP contribution in [0.1, 0.15) is 29.7 Å². The summed E-state index contributed by atoms with van der Waals surface area (Å²) < 4.78 is 5.77. The average Bonchev–Trinajstić information content (AvgIpc) is 2.76. The van der Waals surface area contributed by atoms with Crippen LogP contribution in [0, 0.1) is 0 Å². The zero-order valence-corrected chi connectivity index (χ0v) is 10.8. The summed E-state index contributed by atoms with van der Waals surface area (Å²) in [6.45, 7) is 4.48. The summed E-state index contributed by atoms with van der Waals surface area (Å²) >= 11 is 1.74. The minimum Gasteiger partial charge on any atom is -0.480 e. The first kappa shape index (κ1) is 12.5. The van der Waals surface area contributed by atoms with E-state index >= 15 is 0 Å². The van der Waals surface area contributed by atoms with Gasteiger partial charge in [-0.1, -0.05) is 6.92 Å². The zero-order valence-electron chi connectivity index (χ0n) is 9.97. The van der Waals surface area contributed by atoms with Crippen molar-refractivity contribution < 1.29 is 14.6 Å². The van der Waals surface area contributed by atoms with Crippen LogP contribution in [0.25, 0.3) is 0 Å². The predicted molar refractivity (Wildman–Crippen MR) is 66.4 cm³/mol. The van der Waals surface area contributed by atoms with Gasteiger partial charge in [-0.25, -0.2) is 0 Å². The van der Waals surface area contributed by atoms with Crippen LogP contribution in [0.5, 0.6) is 0 Å². The van der Waals surface area contributed by atoms with E-state index in [-0.39, 0.29) is 12.2 Å². The van der Waals surface area contributed by atoms with Gasteiger partial charge in [-0.3, -0.25) is 10.1 Å². The number of aryl methyl sites for hydroxylation is 1. The van der Waals surface area contributed by atoms with E-state index in [1.165, 1.54) is 9.75 Å². The van der Waals surface area contributed by atoms with Gasteiger partial charge in [0, 0.05) is 16.3 Å². The molecule has 1 aliphatic heterocycles. The van der Waals surface area contributed by atoms with E-state index in [9.17, 15) is 4.79 Å². The molecule has 2 N–H and O–H groups in total. The smallest absolute Gasteiger partial charge is 0.323 e. The third kappa shape index (κ3) is 2.68. The van der Waals surface area contributed by atoms with Crippen LogP contribution < -0.4 is 5.32 Å². The monoisotopic (exact) mass is 255 g/mol. The summed E-state index contributed by atoms with van der Waals surface area (Å²) in [5.74, 6) is -0.851. The molecule has 1 aromatic heterocycles. The molecule has 3 unspecified atom stereocenters. The highest BCUT2D eigenvalue weighted by atomic mass is 32.1. The standard InChI is InChI=1S/C12H17NO3S/c1-3-8-4-5-10(17-8)9-6-13-11(12(14)15)7(2)16-9/h4-5,7,9,11,13H,3,6H2,1-2H3,(H,14,15). The van der Waals surface area contributed by atoms with Gasteiger partial charge in [0.15, 0.2) is 0 Å². The topological polar surface area (TPSA) is 58.6 Å². The fourth-order valence-corrected chi connectivity index (χ4v) is 2.99. The molecule has 0 spiro atoms. The number of hydrogen-bond donors (Lipinski definition) is 2. The van der Waals surface area contributed by atoms with Gasteiger partial charge in [0.2, 0.25) is 0 Å². The number of ether oxygens (including phenoxy) is 1. The minimum absolute atomic E-state index is 0.0223. The maximum Gasteiger partial charge on any atom is 0.323 e. The van der Waals surface area contributed by atoms with Gasteiger partial charge >= 0.3 is 5.97 Å². The first-order valence-electron chi connectivity index (χ1n) is 5.82. The van der Waals surface area contributed by atoms with Crippen molar-refractivity contribution in [2.24, 2.45) is 0 Å². The highest BCUT2D eigenvalue weighted by molar-refractivity contribution is 7.12. The number of morpholine rings is 1. The SMILES string of the molecule is CCc1ccc(C2CNC(C(=O)O)C(C)O2)s1. The number of rotatable bonds is 3. The van der Waals surface area contributed by atoms with Crippen molar-refractivity contribution in [3.05, 3.63) is 21.9 Å². The number of nitrogens with one attached hydrogen (secondary N) is 1. The van der Waals surface area contributed by atoms with Gasteiger partial charge in [0.05, 0.1) is 6.10 Å². The average molecular weight is 255 g/mol. The first-order valence-corrected chi connectivity index (χ1v) is 6.63. The molecule has 94 valence electrons. The van der Waals surface area contributed by atoms with E-state index in [1.807, 2.05) is 0 Å². The quantitative estimate of drug-likeness (QED) is 0.865. The van der Waals surface area contributed by atoms with Crippen LogP contribution in [0.15, 0.2) is 12.1 Å². The number of carbonyl (C=O) groups is 1. The minimum atomic E-state index is -0.851. The number of carboxylic acids is 1. The summed E-state index contributed by atoms with van der Waals surface area (Å²) in [7, 11) is 0. The number of thiophene rings is 1. The Bertz CT molecular complexity index is 404. The molecule has 0 saturated carbocycles. The highest BCUT2D eigenvalue weighted by Gasteiger charge is 2.33. The van der Waals surface area contributed by atoms with Crippen LogP contribution in [0.2, 0.25) is 0 Å². The van der Waals surface area contributed by atoms with Crippen LogP contribution in [-0.4, -0.2) is 29.8 Å². The zero-order chi connectivity index (χ0) is 12.4. The first-order chi connectivity index (χ1) is 8.11. The van der Waals surface area contributed by atoms with E-state index in [0.717, 1.165) is 6.42 Å². The second kappa shape index (κ2) is 5.16. The molecule has 2 rings (SSSR count). The van der Waals surface area contributed by atoms with Crippen molar-refractivity contribution in [2.45, 2.75) is 38.5 Å². The molecule has 0 aliphatic carbocycles. The molecule has 1 saturated heterocycles. The van der Waals surface area contributed by atoms with Crippen LogP contribution in [-0.2, 0) is 16.0 Å². The summed E-state index contributed by atoms with van der Waals surface area (Å²) in [6.07, 6.45) is 0.697. The van der Waals surface area contributed by atoms with Crippen molar-refractivity contribution in [1.82, 2.24) is 5.32 Å². The van der Waals surface area contributed by atoms with Crippen molar-refractivity contribution in [3.8, 4) is 0 Å². The van der Waals surface area contributed by atoms with Crippen molar-refractivity contribution in [1.29, 1.82) is 0 Å². The Morgan fingerprint density at radius 3 is 2.94 bits per heavy atom. The number of aliphatic carboxylic acids is 1. The molecule has 0 amide bonds. The van der Waals surface area contributed by atoms with E-state index in [2.05, 4.69) is 24.4 Å². The molecule has 1 fully saturated rings. The normalized spacial score (nSPS) is 29.2. The molecule has 5 heteroatoms. The van der Waals surface area contributed by atoms with Gasteiger partial charge < -0.3 is 9.84 Å². The van der Waals surface area contributed by atoms with Gasteiger partial charge in [-0.15, -0.1) is 11.3 Å². The highest BCUT2D eigenvalue weighted by Crippen LogP contribution is 2.29. The summed E-state index contributed by atoms with van der Waals surface area (Å²) in [5, 5.41) is 12.0. The fourth-order valence-electron chi connectivity index (χ4n) is 2.00. The molecule has 0 radical (unpaired) electrons. The molecule has 1 aliphatic rings. The molecule has 3 atom stereocenters. The predicted octanol–water partition coefficient (Wildman–Crippen LogP) is 1.81. The summed E-state index contributed by atoms with van der Waals surface area (Å²) in [5.41, 5.74) is 0. The van der Waals surface area contributed by atoms with Crippen LogP contribution >= 0.6 is 11.3 Å². The second-order valence-corrected chi connectivity index (χ2v) is 5.41. The Kier molecular flexibility index (Phi) is 3.81. The van der Waals surface area contributed by atoms with Gasteiger partial charge in [-0.05, 0) is 25.5 Å². The van der Waals surface area contributed by atoms with Crippen molar-refractivity contribution >= 4 is 17.3 Å². The second-order valence-electron chi connectivity index (χ2n) is 4.21. The molecule has 2 heterocycles. The molecule has 17 heavy (non-hydrogen) atoms. The Morgan fingerprint density at radius 2 is 2.41 bits per heavy atom. The van der Waals surface area contributed by atoms with Crippen LogP contribution in [0.3, 0.4) is 0 Å². The third-order valence-corrected chi connectivity index (χ3v) is 4.31. The van der Waals surface area contributed by atoms with Gasteiger partial charge in [0.1, 0.15) is 12.1 Å².